The van der Waals surface area contributed by atoms with Crippen LogP contribution in [0.25, 0.3) is 0 Å². The number of hydrogen-bond donors (Lipinski definition) is 3. The van der Waals surface area contributed by atoms with Crippen LogP contribution in [-0.4, -0.2) is 22.0 Å². The molecule has 1 aromatic carbocycles. The molecule has 1 aliphatic rings. The summed E-state index contributed by atoms with van der Waals surface area (Å²) in [5, 5.41) is 11.7. The van der Waals surface area contributed by atoms with Crippen molar-refractivity contribution < 1.29 is 14.7 Å². The molecule has 21 heavy (non-hydrogen) atoms. The lowest BCUT2D eigenvalue weighted by Gasteiger charge is -2.09. The molecule has 1 aromatic heterocycles. The number of carbonyl (C=O) groups is 2. The molecule has 5 nitrogen and oxygen atoms in total. The molecule has 3 N–H and O–H groups in total. The van der Waals surface area contributed by atoms with E-state index in [9.17, 15) is 9.59 Å². The van der Waals surface area contributed by atoms with Gasteiger partial charge in [-0.3, -0.25) is 9.59 Å². The average Bonchev–Trinajstić information content (AvgIpc) is 2.96. The molecule has 0 aliphatic carbocycles. The van der Waals surface area contributed by atoms with Crippen LogP contribution < -0.4 is 5.32 Å². The monoisotopic (exact) mass is 284 g/mol. The smallest absolute Gasteiger partial charge is 0.303 e. The van der Waals surface area contributed by atoms with Crippen molar-refractivity contribution in [2.45, 2.75) is 25.7 Å². The SMILES string of the molecule is Cc1c(CCC(=O)O)c[nH]c1C1C(=O)Nc2ccccc21. The van der Waals surface area contributed by atoms with E-state index in [1.165, 1.54) is 0 Å². The van der Waals surface area contributed by atoms with Gasteiger partial charge in [-0.05, 0) is 36.1 Å². The minimum Gasteiger partial charge on any atom is -0.481 e. The van der Waals surface area contributed by atoms with Crippen LogP contribution in [0.3, 0.4) is 0 Å². The van der Waals surface area contributed by atoms with Gasteiger partial charge in [0.25, 0.3) is 0 Å². The minimum absolute atomic E-state index is 0.0501. The number of benzene rings is 1. The quantitative estimate of drug-likeness (QED) is 0.806. The normalized spacial score (nSPS) is 16.6. The fourth-order valence-electron chi connectivity index (χ4n) is 2.85. The largest absolute Gasteiger partial charge is 0.481 e. The van der Waals surface area contributed by atoms with Crippen LogP contribution >= 0.6 is 0 Å². The van der Waals surface area contributed by atoms with E-state index in [1.807, 2.05) is 37.4 Å². The van der Waals surface area contributed by atoms with E-state index < -0.39 is 5.97 Å². The lowest BCUT2D eigenvalue weighted by molar-refractivity contribution is -0.137. The molecule has 0 saturated heterocycles. The minimum atomic E-state index is -0.818. The highest BCUT2D eigenvalue weighted by Crippen LogP contribution is 2.38. The molecule has 0 saturated carbocycles. The van der Waals surface area contributed by atoms with Gasteiger partial charge in [0, 0.05) is 24.0 Å². The predicted octanol–water partition coefficient (Wildman–Crippen LogP) is 2.42. The summed E-state index contributed by atoms with van der Waals surface area (Å²) in [4.78, 5) is 26.1. The van der Waals surface area contributed by atoms with Crippen LogP contribution in [0, 0.1) is 6.92 Å². The van der Waals surface area contributed by atoms with Crippen LogP contribution in [-0.2, 0) is 16.0 Å². The number of aromatic nitrogens is 1. The zero-order valence-corrected chi connectivity index (χ0v) is 11.6. The summed E-state index contributed by atoms with van der Waals surface area (Å²) >= 11 is 0. The van der Waals surface area contributed by atoms with Crippen molar-refractivity contribution in [1.82, 2.24) is 4.98 Å². The third kappa shape index (κ3) is 2.31. The van der Waals surface area contributed by atoms with Gasteiger partial charge in [-0.15, -0.1) is 0 Å². The molecular weight excluding hydrogens is 268 g/mol. The Kier molecular flexibility index (Phi) is 3.25. The summed E-state index contributed by atoms with van der Waals surface area (Å²) in [5.41, 5.74) is 4.56. The van der Waals surface area contributed by atoms with E-state index in [1.54, 1.807) is 0 Å². The molecule has 0 bridgehead atoms. The molecule has 1 atom stereocenters. The van der Waals surface area contributed by atoms with Gasteiger partial charge in [0.05, 0.1) is 0 Å². The maximum absolute atomic E-state index is 12.2. The maximum Gasteiger partial charge on any atom is 0.303 e. The topological polar surface area (TPSA) is 82.2 Å². The number of fused-ring (bicyclic) bond motifs is 1. The molecule has 1 unspecified atom stereocenters. The molecule has 1 aliphatic heterocycles. The average molecular weight is 284 g/mol. The van der Waals surface area contributed by atoms with E-state index in [0.717, 1.165) is 28.1 Å². The number of H-pyrrole nitrogens is 1. The van der Waals surface area contributed by atoms with E-state index in [2.05, 4.69) is 10.3 Å². The van der Waals surface area contributed by atoms with Crippen LogP contribution in [0.2, 0.25) is 0 Å². The van der Waals surface area contributed by atoms with Crippen LogP contribution in [0.1, 0.15) is 34.7 Å². The van der Waals surface area contributed by atoms with Gasteiger partial charge in [-0.25, -0.2) is 0 Å². The van der Waals surface area contributed by atoms with Gasteiger partial charge in [-0.1, -0.05) is 18.2 Å². The number of amides is 1. The van der Waals surface area contributed by atoms with Crippen molar-refractivity contribution >= 4 is 17.6 Å². The third-order valence-electron chi connectivity index (χ3n) is 3.98. The molecule has 3 rings (SSSR count). The lowest BCUT2D eigenvalue weighted by atomic mass is 9.93. The number of anilines is 1. The van der Waals surface area contributed by atoms with E-state index >= 15 is 0 Å². The number of rotatable bonds is 4. The van der Waals surface area contributed by atoms with Crippen molar-refractivity contribution in [2.24, 2.45) is 0 Å². The zero-order valence-electron chi connectivity index (χ0n) is 11.6. The number of aryl methyl sites for hydroxylation is 1. The van der Waals surface area contributed by atoms with Gasteiger partial charge >= 0.3 is 5.97 Å². The number of carboxylic acids is 1. The Morgan fingerprint density at radius 1 is 1.33 bits per heavy atom. The van der Waals surface area contributed by atoms with Gasteiger partial charge in [0.1, 0.15) is 5.92 Å². The Hall–Kier alpha value is -2.56. The summed E-state index contributed by atoms with van der Waals surface area (Å²) in [6.07, 6.45) is 2.36. The molecule has 1 amide bonds. The van der Waals surface area contributed by atoms with Crippen molar-refractivity contribution in [3.8, 4) is 0 Å². The second kappa shape index (κ2) is 5.09. The number of nitrogens with one attached hydrogen (secondary N) is 2. The molecule has 0 spiro atoms. The molecule has 0 radical (unpaired) electrons. The van der Waals surface area contributed by atoms with Gasteiger partial charge in [0.15, 0.2) is 0 Å². The summed E-state index contributed by atoms with van der Waals surface area (Å²) in [5.74, 6) is -1.22. The first kappa shape index (κ1) is 13.4. The predicted molar refractivity (Wildman–Crippen MR) is 78.4 cm³/mol. The van der Waals surface area contributed by atoms with Crippen LogP contribution in [0.4, 0.5) is 5.69 Å². The fraction of sp³-hybridized carbons (Fsp3) is 0.250. The van der Waals surface area contributed by atoms with Gasteiger partial charge < -0.3 is 15.4 Å². The number of carbonyl (C=O) groups excluding carboxylic acids is 1. The van der Waals surface area contributed by atoms with Gasteiger partial charge in [0.2, 0.25) is 5.91 Å². The van der Waals surface area contributed by atoms with Crippen LogP contribution in [0.5, 0.6) is 0 Å². The van der Waals surface area contributed by atoms with Crippen LogP contribution in [0.15, 0.2) is 30.5 Å². The zero-order chi connectivity index (χ0) is 15.0. The summed E-state index contributed by atoms with van der Waals surface area (Å²) in [6, 6.07) is 7.63. The van der Waals surface area contributed by atoms with E-state index in [-0.39, 0.29) is 18.2 Å². The fourth-order valence-corrected chi connectivity index (χ4v) is 2.85. The summed E-state index contributed by atoms with van der Waals surface area (Å²) in [6.45, 7) is 1.93. The first-order valence-electron chi connectivity index (χ1n) is 6.86. The number of hydrogen-bond acceptors (Lipinski definition) is 2. The first-order chi connectivity index (χ1) is 10.1. The van der Waals surface area contributed by atoms with E-state index in [0.29, 0.717) is 6.42 Å². The Morgan fingerprint density at radius 2 is 2.10 bits per heavy atom. The molecule has 5 heteroatoms. The molecule has 2 heterocycles. The highest BCUT2D eigenvalue weighted by atomic mass is 16.4. The Labute approximate surface area is 122 Å². The lowest BCUT2D eigenvalue weighted by Crippen LogP contribution is -2.14. The Morgan fingerprint density at radius 3 is 2.86 bits per heavy atom. The van der Waals surface area contributed by atoms with Gasteiger partial charge in [-0.2, -0.15) is 0 Å². The molecule has 2 aromatic rings. The highest BCUT2D eigenvalue weighted by Gasteiger charge is 2.33. The molecular formula is C16H16N2O3. The van der Waals surface area contributed by atoms with Crippen molar-refractivity contribution in [3.63, 3.8) is 0 Å². The number of aromatic amines is 1. The number of carboxylic acid groups (broad SMARTS) is 1. The molecule has 108 valence electrons. The third-order valence-corrected chi connectivity index (χ3v) is 3.98. The maximum atomic E-state index is 12.2. The number of para-hydroxylation sites is 1. The Balaban J connectivity index is 1.94. The van der Waals surface area contributed by atoms with Crippen molar-refractivity contribution in [3.05, 3.63) is 52.8 Å². The second-order valence-corrected chi connectivity index (χ2v) is 5.26. The van der Waals surface area contributed by atoms with Crippen molar-refractivity contribution in [1.29, 1.82) is 0 Å². The number of aliphatic carboxylic acids is 1. The first-order valence-corrected chi connectivity index (χ1v) is 6.86. The molecule has 0 fully saturated rings. The Bertz CT molecular complexity index is 718. The summed E-state index contributed by atoms with van der Waals surface area (Å²) < 4.78 is 0. The summed E-state index contributed by atoms with van der Waals surface area (Å²) in [7, 11) is 0. The highest BCUT2D eigenvalue weighted by molar-refractivity contribution is 6.05. The van der Waals surface area contributed by atoms with E-state index in [4.69, 9.17) is 5.11 Å². The standard InChI is InChI=1S/C16H16N2O3/c1-9-10(6-7-13(19)20)8-17-15(9)14-11-4-2-3-5-12(11)18-16(14)21/h2-5,8,14,17H,6-7H2,1H3,(H,18,21)(H,19,20). The second-order valence-electron chi connectivity index (χ2n) is 5.26. The van der Waals surface area contributed by atoms with Crippen molar-refractivity contribution in [2.75, 3.05) is 5.32 Å².